The lowest BCUT2D eigenvalue weighted by atomic mass is 9.91. The van der Waals surface area contributed by atoms with Gasteiger partial charge in [-0.3, -0.25) is 0 Å². The monoisotopic (exact) mass is 278 g/mol. The Balaban J connectivity index is 1.43. The van der Waals surface area contributed by atoms with Crippen molar-refractivity contribution in [2.24, 2.45) is 17.8 Å². The molecule has 0 aromatic heterocycles. The highest BCUT2D eigenvalue weighted by atomic mass is 16.3. The Labute approximate surface area is 126 Å². The number of aliphatic hydroxyl groups excluding tert-OH is 1. The molecule has 0 spiro atoms. The highest BCUT2D eigenvalue weighted by molar-refractivity contribution is 5.30. The van der Waals surface area contributed by atoms with Gasteiger partial charge in [0.1, 0.15) is 0 Å². The van der Waals surface area contributed by atoms with Crippen LogP contribution in [0.4, 0.5) is 0 Å². The number of rotatable bonds is 4. The highest BCUT2D eigenvalue weighted by Crippen LogP contribution is 2.57. The minimum Gasteiger partial charge on any atom is -0.388 e. The average molecular weight is 278 g/mol. The Morgan fingerprint density at radius 2 is 1.43 bits per heavy atom. The van der Waals surface area contributed by atoms with Crippen molar-refractivity contribution in [3.63, 3.8) is 0 Å². The van der Waals surface area contributed by atoms with Crippen LogP contribution in [0.15, 0.2) is 54.6 Å². The molecule has 1 nitrogen and oxygen atoms in total. The lowest BCUT2D eigenvalue weighted by Crippen LogP contribution is -2.10. The van der Waals surface area contributed by atoms with Gasteiger partial charge in [0.25, 0.3) is 0 Å². The molecule has 2 aliphatic carbocycles. The third-order valence-electron chi connectivity index (χ3n) is 5.30. The third-order valence-corrected chi connectivity index (χ3v) is 5.30. The fourth-order valence-corrected chi connectivity index (χ4v) is 3.96. The van der Waals surface area contributed by atoms with Crippen LogP contribution in [0.3, 0.4) is 0 Å². The van der Waals surface area contributed by atoms with Crippen molar-refractivity contribution in [3.8, 4) is 0 Å². The van der Waals surface area contributed by atoms with Crippen molar-refractivity contribution < 1.29 is 5.11 Å². The van der Waals surface area contributed by atoms with Crippen LogP contribution in [0.2, 0.25) is 0 Å². The summed E-state index contributed by atoms with van der Waals surface area (Å²) >= 11 is 0. The van der Waals surface area contributed by atoms with E-state index in [1.807, 2.05) is 0 Å². The van der Waals surface area contributed by atoms with Crippen molar-refractivity contribution in [2.75, 3.05) is 0 Å². The van der Waals surface area contributed by atoms with Gasteiger partial charge in [-0.25, -0.2) is 0 Å². The molecule has 0 bridgehead atoms. The molecule has 0 amide bonds. The molecular formula is C20H22O. The van der Waals surface area contributed by atoms with Crippen LogP contribution in [0, 0.1) is 17.8 Å². The van der Waals surface area contributed by atoms with E-state index in [1.54, 1.807) is 0 Å². The number of hydrogen-bond acceptors (Lipinski definition) is 1. The standard InChI is InChI=1S/C20H22O/c21-20(19-12-17-11-18(17)13-19)16-8-6-15(7-9-16)10-14-4-2-1-3-5-14/h1-9,17-21H,10-13H2. The summed E-state index contributed by atoms with van der Waals surface area (Å²) in [5, 5.41) is 10.5. The minimum atomic E-state index is -0.261. The van der Waals surface area contributed by atoms with Crippen LogP contribution < -0.4 is 0 Å². The molecule has 2 aromatic carbocycles. The van der Waals surface area contributed by atoms with Crippen molar-refractivity contribution in [1.82, 2.24) is 0 Å². The van der Waals surface area contributed by atoms with Crippen molar-refractivity contribution in [3.05, 3.63) is 71.3 Å². The molecule has 0 radical (unpaired) electrons. The van der Waals surface area contributed by atoms with E-state index in [1.165, 1.54) is 30.4 Å². The van der Waals surface area contributed by atoms with Crippen molar-refractivity contribution >= 4 is 0 Å². The van der Waals surface area contributed by atoms with Gasteiger partial charge in [-0.2, -0.15) is 0 Å². The molecule has 1 heteroatoms. The molecule has 21 heavy (non-hydrogen) atoms. The second-order valence-electron chi connectivity index (χ2n) is 6.84. The van der Waals surface area contributed by atoms with E-state index in [0.717, 1.165) is 23.8 Å². The predicted molar refractivity (Wildman–Crippen MR) is 85.0 cm³/mol. The molecule has 3 atom stereocenters. The zero-order valence-corrected chi connectivity index (χ0v) is 12.3. The maximum atomic E-state index is 10.5. The molecule has 0 heterocycles. The van der Waals surface area contributed by atoms with Gasteiger partial charge in [-0.15, -0.1) is 0 Å². The van der Waals surface area contributed by atoms with E-state index in [-0.39, 0.29) is 6.10 Å². The Morgan fingerprint density at radius 3 is 2.10 bits per heavy atom. The van der Waals surface area contributed by atoms with E-state index in [4.69, 9.17) is 0 Å². The van der Waals surface area contributed by atoms with E-state index < -0.39 is 0 Å². The molecule has 0 saturated heterocycles. The van der Waals surface area contributed by atoms with Crippen LogP contribution in [0.5, 0.6) is 0 Å². The molecule has 0 aliphatic heterocycles. The Morgan fingerprint density at radius 1 is 0.810 bits per heavy atom. The van der Waals surface area contributed by atoms with Crippen LogP contribution in [-0.4, -0.2) is 5.11 Å². The number of aliphatic hydroxyl groups is 1. The first-order valence-corrected chi connectivity index (χ1v) is 8.10. The van der Waals surface area contributed by atoms with Gasteiger partial charge in [0.15, 0.2) is 0 Å². The lowest BCUT2D eigenvalue weighted by molar-refractivity contribution is 0.104. The summed E-state index contributed by atoms with van der Waals surface area (Å²) in [5.74, 6) is 2.36. The highest BCUT2D eigenvalue weighted by Gasteiger charge is 2.47. The van der Waals surface area contributed by atoms with Gasteiger partial charge in [-0.05, 0) is 60.1 Å². The Hall–Kier alpha value is -1.60. The molecule has 2 fully saturated rings. The summed E-state index contributed by atoms with van der Waals surface area (Å²) in [6, 6.07) is 19.1. The second kappa shape index (κ2) is 5.31. The van der Waals surface area contributed by atoms with E-state index >= 15 is 0 Å². The number of fused-ring (bicyclic) bond motifs is 1. The Kier molecular flexibility index (Phi) is 3.31. The van der Waals surface area contributed by atoms with Gasteiger partial charge in [0.2, 0.25) is 0 Å². The largest absolute Gasteiger partial charge is 0.388 e. The van der Waals surface area contributed by atoms with Gasteiger partial charge >= 0.3 is 0 Å². The topological polar surface area (TPSA) is 20.2 Å². The lowest BCUT2D eigenvalue weighted by Gasteiger charge is -2.20. The SMILES string of the molecule is OC(c1ccc(Cc2ccccc2)cc1)C1CC2CC2C1. The maximum absolute atomic E-state index is 10.5. The number of benzene rings is 2. The van der Waals surface area contributed by atoms with Gasteiger partial charge in [-0.1, -0.05) is 54.6 Å². The quantitative estimate of drug-likeness (QED) is 0.881. The average Bonchev–Trinajstić information content (AvgIpc) is 3.14. The zero-order chi connectivity index (χ0) is 14.2. The first kappa shape index (κ1) is 13.1. The van der Waals surface area contributed by atoms with Gasteiger partial charge in [0.05, 0.1) is 6.10 Å². The molecule has 2 aromatic rings. The number of hydrogen-bond donors (Lipinski definition) is 1. The summed E-state index contributed by atoms with van der Waals surface area (Å²) in [4.78, 5) is 0. The van der Waals surface area contributed by atoms with E-state index in [9.17, 15) is 5.11 Å². The first-order chi connectivity index (χ1) is 10.3. The van der Waals surface area contributed by atoms with E-state index in [2.05, 4.69) is 54.6 Å². The summed E-state index contributed by atoms with van der Waals surface area (Å²) in [6.45, 7) is 0. The second-order valence-corrected chi connectivity index (χ2v) is 6.84. The fourth-order valence-electron chi connectivity index (χ4n) is 3.96. The molecule has 108 valence electrons. The zero-order valence-electron chi connectivity index (χ0n) is 12.3. The predicted octanol–water partition coefficient (Wildman–Crippen LogP) is 4.36. The van der Waals surface area contributed by atoms with Crippen molar-refractivity contribution in [1.29, 1.82) is 0 Å². The summed E-state index contributed by atoms with van der Waals surface area (Å²) in [5.41, 5.74) is 3.74. The van der Waals surface area contributed by atoms with Crippen molar-refractivity contribution in [2.45, 2.75) is 31.8 Å². The smallest absolute Gasteiger partial charge is 0.0818 e. The summed E-state index contributed by atoms with van der Waals surface area (Å²) < 4.78 is 0. The molecular weight excluding hydrogens is 256 g/mol. The first-order valence-electron chi connectivity index (χ1n) is 8.10. The molecule has 2 aliphatic rings. The maximum Gasteiger partial charge on any atom is 0.0818 e. The van der Waals surface area contributed by atoms with Crippen LogP contribution in [0.25, 0.3) is 0 Å². The summed E-state index contributed by atoms with van der Waals surface area (Å²) in [7, 11) is 0. The van der Waals surface area contributed by atoms with Crippen LogP contribution in [-0.2, 0) is 6.42 Å². The van der Waals surface area contributed by atoms with Gasteiger partial charge in [0, 0.05) is 0 Å². The van der Waals surface area contributed by atoms with Gasteiger partial charge < -0.3 is 5.11 Å². The molecule has 4 rings (SSSR count). The Bertz CT molecular complexity index is 591. The normalized spacial score (nSPS) is 28.1. The van der Waals surface area contributed by atoms with Crippen LogP contribution in [0.1, 0.15) is 42.1 Å². The molecule has 3 unspecified atom stereocenters. The third kappa shape index (κ3) is 2.75. The van der Waals surface area contributed by atoms with E-state index in [0.29, 0.717) is 5.92 Å². The molecule has 2 saturated carbocycles. The van der Waals surface area contributed by atoms with Crippen LogP contribution >= 0.6 is 0 Å². The summed E-state index contributed by atoms with van der Waals surface area (Å²) in [6.07, 6.45) is 4.59. The fraction of sp³-hybridized carbons (Fsp3) is 0.400. The molecule has 1 N–H and O–H groups in total. The minimum absolute atomic E-state index is 0.261.